The Morgan fingerprint density at radius 1 is 1.15 bits per heavy atom. The van der Waals surface area contributed by atoms with E-state index in [4.69, 9.17) is 4.42 Å². The summed E-state index contributed by atoms with van der Waals surface area (Å²) >= 11 is 0. The highest BCUT2D eigenvalue weighted by Crippen LogP contribution is 2.39. The monoisotopic (exact) mass is 375 g/mol. The summed E-state index contributed by atoms with van der Waals surface area (Å²) in [6.45, 7) is 14.7. The molecule has 0 atom stereocenters. The number of piperidine rings is 1. The zero-order chi connectivity index (χ0) is 20.2. The van der Waals surface area contributed by atoms with Crippen LogP contribution in [0.1, 0.15) is 88.2 Å². The number of carbonyl (C=O) groups excluding carboxylic acids is 1. The van der Waals surface area contributed by atoms with Gasteiger partial charge in [0.1, 0.15) is 5.76 Å². The molecule has 3 rings (SSSR count). The maximum absolute atomic E-state index is 13.0. The van der Waals surface area contributed by atoms with Crippen molar-refractivity contribution in [3.8, 4) is 0 Å². The van der Waals surface area contributed by atoms with Crippen LogP contribution in [0.25, 0.3) is 0 Å². The van der Waals surface area contributed by atoms with Gasteiger partial charge in [-0.15, -0.1) is 0 Å². The van der Waals surface area contributed by atoms with Gasteiger partial charge in [0.2, 0.25) is 0 Å². The van der Waals surface area contributed by atoms with E-state index in [-0.39, 0.29) is 28.4 Å². The molecule has 1 saturated heterocycles. The molecule has 0 saturated carbocycles. The first-order chi connectivity index (χ1) is 12.3. The Labute approximate surface area is 161 Å². The van der Waals surface area contributed by atoms with E-state index >= 15 is 0 Å². The largest absolute Gasteiger partial charge is 0.455 e. The highest BCUT2D eigenvalue weighted by molar-refractivity contribution is 6.06. The van der Waals surface area contributed by atoms with Gasteiger partial charge in [-0.1, -0.05) is 19.0 Å². The quantitative estimate of drug-likeness (QED) is 0.542. The summed E-state index contributed by atoms with van der Waals surface area (Å²) in [6.07, 6.45) is 3.10. The van der Waals surface area contributed by atoms with Crippen molar-refractivity contribution in [1.82, 2.24) is 10.6 Å². The molecular weight excluding hydrogens is 342 g/mol. The van der Waals surface area contributed by atoms with Crippen molar-refractivity contribution in [2.75, 3.05) is 0 Å². The summed E-state index contributed by atoms with van der Waals surface area (Å²) in [5.74, 6) is 0.899. The van der Waals surface area contributed by atoms with Crippen molar-refractivity contribution < 1.29 is 14.4 Å². The number of nitrogens with zero attached hydrogens (tertiary/aromatic N) is 1. The van der Waals surface area contributed by atoms with E-state index in [1.807, 2.05) is 6.92 Å². The number of furan rings is 1. The van der Waals surface area contributed by atoms with Crippen LogP contribution in [0.5, 0.6) is 0 Å². The molecule has 3 N–H and O–H groups in total. The fourth-order valence-electron chi connectivity index (χ4n) is 5.09. The van der Waals surface area contributed by atoms with Gasteiger partial charge in [0.05, 0.1) is 5.71 Å². The van der Waals surface area contributed by atoms with Crippen molar-refractivity contribution >= 4 is 11.6 Å². The minimum absolute atomic E-state index is 0.0438. The van der Waals surface area contributed by atoms with Gasteiger partial charge in [-0.05, 0) is 59.3 Å². The third-order valence-corrected chi connectivity index (χ3v) is 5.65. The fraction of sp³-hybridized carbons (Fsp3) is 0.714. The van der Waals surface area contributed by atoms with Crippen molar-refractivity contribution in [2.45, 2.75) is 91.3 Å². The van der Waals surface area contributed by atoms with Crippen LogP contribution in [0, 0.1) is 12.3 Å². The van der Waals surface area contributed by atoms with E-state index in [0.29, 0.717) is 17.9 Å². The molecule has 2 heterocycles. The second-order valence-electron chi connectivity index (χ2n) is 10.4. The number of amides is 1. The first-order valence-corrected chi connectivity index (χ1v) is 9.76. The molecule has 1 aromatic rings. The molecular formula is C21H33N3O3. The zero-order valence-corrected chi connectivity index (χ0v) is 17.6. The predicted molar refractivity (Wildman–Crippen MR) is 106 cm³/mol. The number of fused-ring (bicyclic) bond motifs is 1. The number of rotatable bonds is 2. The molecule has 6 nitrogen and oxygen atoms in total. The minimum atomic E-state index is -0.185. The SMILES string of the molecule is Cc1c(C(=O)NC2CC(C)(C)NC(C)(C)C2)oc2c1/C(=N\O)CC(C)(C)C2. The zero-order valence-electron chi connectivity index (χ0n) is 17.6. The second kappa shape index (κ2) is 6.36. The molecule has 1 amide bonds. The Morgan fingerprint density at radius 3 is 2.30 bits per heavy atom. The minimum Gasteiger partial charge on any atom is -0.455 e. The van der Waals surface area contributed by atoms with E-state index < -0.39 is 0 Å². The molecule has 1 aliphatic heterocycles. The molecule has 150 valence electrons. The lowest BCUT2D eigenvalue weighted by atomic mass is 9.75. The van der Waals surface area contributed by atoms with Crippen LogP contribution in [0.4, 0.5) is 0 Å². The van der Waals surface area contributed by atoms with Crippen molar-refractivity contribution in [3.05, 3.63) is 22.6 Å². The summed E-state index contributed by atoms with van der Waals surface area (Å²) in [7, 11) is 0. The Hall–Kier alpha value is -1.82. The van der Waals surface area contributed by atoms with Crippen LogP contribution in [0.3, 0.4) is 0 Å². The Kier molecular flexibility index (Phi) is 4.70. The average Bonchev–Trinajstić information content (AvgIpc) is 2.78. The fourth-order valence-corrected chi connectivity index (χ4v) is 5.09. The number of hydrogen-bond acceptors (Lipinski definition) is 5. The van der Waals surface area contributed by atoms with E-state index in [9.17, 15) is 10.0 Å². The summed E-state index contributed by atoms with van der Waals surface area (Å²) in [6, 6.07) is 0.0766. The van der Waals surface area contributed by atoms with Gasteiger partial charge in [0.15, 0.2) is 5.76 Å². The molecule has 0 bridgehead atoms. The first kappa shape index (κ1) is 19.9. The predicted octanol–water partition coefficient (Wildman–Crippen LogP) is 3.78. The van der Waals surface area contributed by atoms with Gasteiger partial charge in [0.25, 0.3) is 5.91 Å². The Balaban J connectivity index is 1.86. The summed E-state index contributed by atoms with van der Waals surface area (Å²) in [5.41, 5.74) is 2.02. The normalized spacial score (nSPS) is 25.2. The van der Waals surface area contributed by atoms with Crippen LogP contribution < -0.4 is 10.6 Å². The lowest BCUT2D eigenvalue weighted by Crippen LogP contribution is -2.62. The van der Waals surface area contributed by atoms with Crippen molar-refractivity contribution in [2.24, 2.45) is 10.6 Å². The van der Waals surface area contributed by atoms with Crippen LogP contribution >= 0.6 is 0 Å². The topological polar surface area (TPSA) is 86.9 Å². The van der Waals surface area contributed by atoms with Crippen molar-refractivity contribution in [3.63, 3.8) is 0 Å². The van der Waals surface area contributed by atoms with Gasteiger partial charge in [-0.25, -0.2) is 0 Å². The highest BCUT2D eigenvalue weighted by Gasteiger charge is 2.40. The lowest BCUT2D eigenvalue weighted by Gasteiger charge is -2.46. The molecule has 2 aliphatic rings. The number of carbonyl (C=O) groups is 1. The molecule has 0 unspecified atom stereocenters. The summed E-state index contributed by atoms with van der Waals surface area (Å²) in [5, 5.41) is 19.8. The molecule has 1 aliphatic carbocycles. The maximum Gasteiger partial charge on any atom is 0.287 e. The summed E-state index contributed by atoms with van der Waals surface area (Å²) < 4.78 is 5.99. The van der Waals surface area contributed by atoms with E-state index in [1.165, 1.54) is 0 Å². The Morgan fingerprint density at radius 2 is 1.74 bits per heavy atom. The van der Waals surface area contributed by atoms with E-state index in [0.717, 1.165) is 36.1 Å². The standard InChI is InChI=1S/C21H33N3O3/c1-12-16-14(23-26)10-19(2,3)11-15(16)27-17(12)18(25)22-13-8-20(4,5)24-21(6,7)9-13/h13,24,26H,8-11H2,1-7H3,(H,22,25)/b23-14-. The number of oxime groups is 1. The van der Waals surface area contributed by atoms with Crippen LogP contribution in [-0.2, 0) is 6.42 Å². The smallest absolute Gasteiger partial charge is 0.287 e. The van der Waals surface area contributed by atoms with Crippen LogP contribution in [0.2, 0.25) is 0 Å². The summed E-state index contributed by atoms with van der Waals surface area (Å²) in [4.78, 5) is 13.0. The molecule has 0 spiro atoms. The lowest BCUT2D eigenvalue weighted by molar-refractivity contribution is 0.0842. The third kappa shape index (κ3) is 4.05. The van der Waals surface area contributed by atoms with Gasteiger partial charge >= 0.3 is 0 Å². The van der Waals surface area contributed by atoms with E-state index in [2.05, 4.69) is 57.3 Å². The molecule has 27 heavy (non-hydrogen) atoms. The van der Waals surface area contributed by atoms with Gasteiger partial charge < -0.3 is 20.3 Å². The van der Waals surface area contributed by atoms with Gasteiger partial charge in [-0.2, -0.15) is 0 Å². The molecule has 0 radical (unpaired) electrons. The van der Waals surface area contributed by atoms with Crippen molar-refractivity contribution in [1.29, 1.82) is 0 Å². The van der Waals surface area contributed by atoms with Gasteiger partial charge in [-0.3, -0.25) is 4.79 Å². The number of nitrogens with one attached hydrogen (secondary N) is 2. The van der Waals surface area contributed by atoms with Gasteiger partial charge in [0, 0.05) is 34.7 Å². The highest BCUT2D eigenvalue weighted by atomic mass is 16.4. The maximum atomic E-state index is 13.0. The molecule has 1 fully saturated rings. The molecule has 0 aromatic carbocycles. The van der Waals surface area contributed by atoms with E-state index in [1.54, 1.807) is 0 Å². The van der Waals surface area contributed by atoms with Crippen LogP contribution in [0.15, 0.2) is 9.57 Å². The average molecular weight is 376 g/mol. The number of hydrogen-bond donors (Lipinski definition) is 3. The first-order valence-electron chi connectivity index (χ1n) is 9.76. The second-order valence-corrected chi connectivity index (χ2v) is 10.4. The molecule has 1 aromatic heterocycles. The third-order valence-electron chi connectivity index (χ3n) is 5.65. The van der Waals surface area contributed by atoms with Crippen LogP contribution in [-0.4, -0.2) is 33.9 Å². The Bertz CT molecular complexity index is 771. The molecule has 6 heteroatoms.